The Morgan fingerprint density at radius 1 is 1.31 bits per heavy atom. The first-order valence-corrected chi connectivity index (χ1v) is 9.83. The Hall–Kier alpha value is -1.57. The molecule has 142 valence electrons. The Balaban J connectivity index is 2.28. The van der Waals surface area contributed by atoms with Gasteiger partial charge in [-0.25, -0.2) is 0 Å². The van der Waals surface area contributed by atoms with Gasteiger partial charge < -0.3 is 14.6 Å². The first-order valence-electron chi connectivity index (χ1n) is 8.58. The van der Waals surface area contributed by atoms with Crippen LogP contribution in [0.15, 0.2) is 29.4 Å². The predicted octanol–water partition coefficient (Wildman–Crippen LogP) is 3.64. The van der Waals surface area contributed by atoms with Gasteiger partial charge in [0.15, 0.2) is 11.0 Å². The van der Waals surface area contributed by atoms with Gasteiger partial charge in [-0.1, -0.05) is 35.5 Å². The number of carbonyl (C=O) groups excluding carboxylic acids is 1. The van der Waals surface area contributed by atoms with Crippen molar-refractivity contribution in [1.82, 2.24) is 20.1 Å². The van der Waals surface area contributed by atoms with Gasteiger partial charge in [0.2, 0.25) is 5.91 Å². The minimum Gasteiger partial charge on any atom is -0.385 e. The summed E-state index contributed by atoms with van der Waals surface area (Å²) in [6, 6.07) is 7.65. The number of thioether (sulfide) groups is 1. The lowest BCUT2D eigenvalue weighted by atomic mass is 10.2. The molecule has 6 nitrogen and oxygen atoms in total. The monoisotopic (exact) mass is 396 g/mol. The van der Waals surface area contributed by atoms with Crippen molar-refractivity contribution in [2.75, 3.05) is 13.7 Å². The van der Waals surface area contributed by atoms with E-state index in [0.717, 1.165) is 12.0 Å². The highest BCUT2D eigenvalue weighted by atomic mass is 35.5. The van der Waals surface area contributed by atoms with Crippen LogP contribution in [0.2, 0.25) is 5.02 Å². The SMILES string of the molecule is COCCCn1c(SC(C)C(=O)NC(C)C)nnc1-c1ccccc1Cl. The van der Waals surface area contributed by atoms with E-state index in [9.17, 15) is 4.79 Å². The fourth-order valence-electron chi connectivity index (χ4n) is 2.40. The number of halogens is 1. The maximum atomic E-state index is 12.2. The Labute approximate surface area is 163 Å². The summed E-state index contributed by atoms with van der Waals surface area (Å²) >= 11 is 7.73. The quantitative estimate of drug-likeness (QED) is 0.517. The van der Waals surface area contributed by atoms with Crippen LogP contribution in [0.1, 0.15) is 27.2 Å². The van der Waals surface area contributed by atoms with Gasteiger partial charge in [0.25, 0.3) is 0 Å². The molecule has 0 aliphatic rings. The number of amides is 1. The number of aromatic nitrogens is 3. The largest absolute Gasteiger partial charge is 0.385 e. The smallest absolute Gasteiger partial charge is 0.233 e. The van der Waals surface area contributed by atoms with E-state index in [1.807, 2.05) is 49.6 Å². The molecule has 0 bridgehead atoms. The van der Waals surface area contributed by atoms with Crippen LogP contribution < -0.4 is 5.32 Å². The summed E-state index contributed by atoms with van der Waals surface area (Å²) in [5, 5.41) is 12.6. The summed E-state index contributed by atoms with van der Waals surface area (Å²) < 4.78 is 7.17. The third-order valence-corrected chi connectivity index (χ3v) is 5.05. The van der Waals surface area contributed by atoms with Crippen LogP contribution in [-0.2, 0) is 16.1 Å². The van der Waals surface area contributed by atoms with Gasteiger partial charge in [-0.3, -0.25) is 4.79 Å². The molecule has 1 atom stereocenters. The summed E-state index contributed by atoms with van der Waals surface area (Å²) in [4.78, 5) is 12.2. The molecule has 26 heavy (non-hydrogen) atoms. The molecule has 1 amide bonds. The molecule has 1 aromatic heterocycles. The number of hydrogen-bond acceptors (Lipinski definition) is 5. The summed E-state index contributed by atoms with van der Waals surface area (Å²) in [6.07, 6.45) is 0.812. The van der Waals surface area contributed by atoms with Crippen molar-refractivity contribution in [3.05, 3.63) is 29.3 Å². The highest BCUT2D eigenvalue weighted by Gasteiger charge is 2.21. The van der Waals surface area contributed by atoms with Crippen LogP contribution in [0, 0.1) is 0 Å². The van der Waals surface area contributed by atoms with E-state index >= 15 is 0 Å². The van der Waals surface area contributed by atoms with E-state index in [0.29, 0.717) is 29.2 Å². The molecule has 2 rings (SSSR count). The van der Waals surface area contributed by atoms with E-state index in [2.05, 4.69) is 15.5 Å². The van der Waals surface area contributed by atoms with Crippen molar-refractivity contribution in [2.45, 2.75) is 50.2 Å². The van der Waals surface area contributed by atoms with Crippen LogP contribution in [0.5, 0.6) is 0 Å². The Kier molecular flexibility index (Phi) is 7.93. The lowest BCUT2D eigenvalue weighted by Crippen LogP contribution is -2.36. The number of methoxy groups -OCH3 is 1. The molecule has 0 aliphatic carbocycles. The number of rotatable bonds is 9. The molecule has 0 radical (unpaired) electrons. The van der Waals surface area contributed by atoms with Crippen molar-refractivity contribution < 1.29 is 9.53 Å². The number of benzene rings is 1. The van der Waals surface area contributed by atoms with Crippen molar-refractivity contribution >= 4 is 29.3 Å². The van der Waals surface area contributed by atoms with E-state index in [1.54, 1.807) is 7.11 Å². The van der Waals surface area contributed by atoms with Crippen molar-refractivity contribution in [1.29, 1.82) is 0 Å². The van der Waals surface area contributed by atoms with E-state index < -0.39 is 0 Å². The molecule has 1 aromatic carbocycles. The average molecular weight is 397 g/mol. The summed E-state index contributed by atoms with van der Waals surface area (Å²) in [6.45, 7) is 7.07. The van der Waals surface area contributed by atoms with Gasteiger partial charge in [-0.2, -0.15) is 0 Å². The standard InChI is InChI=1S/C18H25ClN4O2S/c1-12(2)20-17(24)13(3)26-18-22-21-16(23(18)10-7-11-25-4)14-8-5-6-9-15(14)19/h5-6,8-9,12-13H,7,10-11H2,1-4H3,(H,20,24). The van der Waals surface area contributed by atoms with Crippen molar-refractivity contribution in [3.63, 3.8) is 0 Å². The van der Waals surface area contributed by atoms with Gasteiger partial charge >= 0.3 is 0 Å². The molecule has 1 N–H and O–H groups in total. The zero-order valence-corrected chi connectivity index (χ0v) is 17.1. The molecule has 1 unspecified atom stereocenters. The fraction of sp³-hybridized carbons (Fsp3) is 0.500. The Morgan fingerprint density at radius 3 is 2.69 bits per heavy atom. The molecule has 0 aliphatic heterocycles. The minimum atomic E-state index is -0.276. The van der Waals surface area contributed by atoms with Gasteiger partial charge in [0, 0.05) is 31.9 Å². The second-order valence-corrected chi connectivity index (χ2v) is 7.92. The molecule has 0 spiro atoms. The molecular formula is C18H25ClN4O2S. The molecule has 0 saturated carbocycles. The Morgan fingerprint density at radius 2 is 2.04 bits per heavy atom. The number of ether oxygens (including phenoxy) is 1. The van der Waals surface area contributed by atoms with Crippen LogP contribution in [-0.4, -0.2) is 45.7 Å². The topological polar surface area (TPSA) is 69.0 Å². The van der Waals surface area contributed by atoms with Crippen LogP contribution in [0.4, 0.5) is 0 Å². The molecule has 1 heterocycles. The van der Waals surface area contributed by atoms with Gasteiger partial charge in [-0.15, -0.1) is 10.2 Å². The second-order valence-electron chi connectivity index (χ2n) is 6.21. The number of nitrogens with one attached hydrogen (secondary N) is 1. The van der Waals surface area contributed by atoms with Gasteiger partial charge in [-0.05, 0) is 39.3 Å². The fourth-order valence-corrected chi connectivity index (χ4v) is 3.50. The first-order chi connectivity index (χ1) is 12.4. The third kappa shape index (κ3) is 5.46. The highest BCUT2D eigenvalue weighted by Crippen LogP contribution is 2.30. The van der Waals surface area contributed by atoms with Crippen molar-refractivity contribution in [2.24, 2.45) is 0 Å². The van der Waals surface area contributed by atoms with Gasteiger partial charge in [0.1, 0.15) is 0 Å². The zero-order chi connectivity index (χ0) is 19.1. The predicted molar refractivity (Wildman–Crippen MR) is 106 cm³/mol. The molecular weight excluding hydrogens is 372 g/mol. The third-order valence-electron chi connectivity index (χ3n) is 3.64. The lowest BCUT2D eigenvalue weighted by Gasteiger charge is -2.15. The second kappa shape index (κ2) is 9.94. The van der Waals surface area contributed by atoms with Gasteiger partial charge in [0.05, 0.1) is 10.3 Å². The summed E-state index contributed by atoms with van der Waals surface area (Å²) in [7, 11) is 1.68. The highest BCUT2D eigenvalue weighted by molar-refractivity contribution is 8.00. The molecule has 8 heteroatoms. The van der Waals surface area contributed by atoms with E-state index in [-0.39, 0.29) is 17.2 Å². The minimum absolute atomic E-state index is 0.0178. The first kappa shape index (κ1) is 20.7. The van der Waals surface area contributed by atoms with Crippen LogP contribution in [0.3, 0.4) is 0 Å². The maximum absolute atomic E-state index is 12.2. The average Bonchev–Trinajstić information content (AvgIpc) is 2.97. The van der Waals surface area contributed by atoms with Crippen LogP contribution in [0.25, 0.3) is 11.4 Å². The van der Waals surface area contributed by atoms with E-state index in [1.165, 1.54) is 11.8 Å². The normalized spacial score (nSPS) is 12.4. The number of hydrogen-bond donors (Lipinski definition) is 1. The summed E-state index contributed by atoms with van der Waals surface area (Å²) in [5.41, 5.74) is 0.824. The maximum Gasteiger partial charge on any atom is 0.233 e. The van der Waals surface area contributed by atoms with E-state index in [4.69, 9.17) is 16.3 Å². The summed E-state index contributed by atoms with van der Waals surface area (Å²) in [5.74, 6) is 0.682. The molecule has 2 aromatic rings. The number of carbonyl (C=O) groups is 1. The Bertz CT molecular complexity index is 736. The van der Waals surface area contributed by atoms with Crippen molar-refractivity contribution in [3.8, 4) is 11.4 Å². The van der Waals surface area contributed by atoms with Crippen LogP contribution >= 0.6 is 23.4 Å². The molecule has 0 fully saturated rings. The number of nitrogens with zero attached hydrogens (tertiary/aromatic N) is 3. The zero-order valence-electron chi connectivity index (χ0n) is 15.5. The lowest BCUT2D eigenvalue weighted by molar-refractivity contribution is -0.120. The molecule has 0 saturated heterocycles.